The van der Waals surface area contributed by atoms with Crippen molar-refractivity contribution >= 4 is 17.9 Å². The number of amides is 3. The van der Waals surface area contributed by atoms with Crippen LogP contribution in [0.15, 0.2) is 18.3 Å². The normalized spacial score (nSPS) is 20.1. The van der Waals surface area contributed by atoms with Crippen molar-refractivity contribution in [3.05, 3.63) is 29.6 Å². The molecule has 0 spiro atoms. The summed E-state index contributed by atoms with van der Waals surface area (Å²) in [6.07, 6.45) is 3.30. The predicted octanol–water partition coefficient (Wildman–Crippen LogP) is 1.87. The summed E-state index contributed by atoms with van der Waals surface area (Å²) in [5.41, 5.74) is 0.762. The molecule has 1 aromatic rings. The lowest BCUT2D eigenvalue weighted by Gasteiger charge is -2.34. The average molecular weight is 388 g/mol. The summed E-state index contributed by atoms with van der Waals surface area (Å²) in [7, 11) is 0. The Morgan fingerprint density at radius 1 is 1.07 bits per heavy atom. The highest BCUT2D eigenvalue weighted by molar-refractivity contribution is 5.98. The fourth-order valence-electron chi connectivity index (χ4n) is 3.71. The zero-order chi connectivity index (χ0) is 20.1. The maximum Gasteiger partial charge on any atom is 0.409 e. The van der Waals surface area contributed by atoms with Gasteiger partial charge in [-0.05, 0) is 37.8 Å². The molecule has 0 aromatic carbocycles. The van der Waals surface area contributed by atoms with E-state index in [0.717, 1.165) is 25.9 Å². The third kappa shape index (κ3) is 4.61. The van der Waals surface area contributed by atoms with E-state index in [4.69, 9.17) is 4.74 Å². The summed E-state index contributed by atoms with van der Waals surface area (Å²) in [4.78, 5) is 46.7. The van der Waals surface area contributed by atoms with E-state index in [-0.39, 0.29) is 17.9 Å². The van der Waals surface area contributed by atoms with E-state index >= 15 is 0 Å². The standard InChI is InChI=1S/C20H28N4O4/c1-3-28-20(27)23-11-9-22(10-12-23)18(25)16-6-7-21-17(13-16)19(26)24-8-4-5-15(2)14-24/h6-7,13,15H,3-5,8-12,14H2,1-2H3. The van der Waals surface area contributed by atoms with Crippen molar-refractivity contribution in [3.8, 4) is 0 Å². The van der Waals surface area contributed by atoms with Gasteiger partial charge in [0.15, 0.2) is 0 Å². The van der Waals surface area contributed by atoms with Crippen molar-refractivity contribution in [1.29, 1.82) is 0 Å². The van der Waals surface area contributed by atoms with Crippen LogP contribution < -0.4 is 0 Å². The van der Waals surface area contributed by atoms with Crippen LogP contribution in [0.2, 0.25) is 0 Å². The number of rotatable bonds is 3. The summed E-state index contributed by atoms with van der Waals surface area (Å²) >= 11 is 0. The topological polar surface area (TPSA) is 83.0 Å². The zero-order valence-electron chi connectivity index (χ0n) is 16.6. The van der Waals surface area contributed by atoms with Gasteiger partial charge in [0.2, 0.25) is 0 Å². The Labute approximate surface area is 165 Å². The SMILES string of the molecule is CCOC(=O)N1CCN(C(=O)c2ccnc(C(=O)N3CCCC(C)C3)c2)CC1. The van der Waals surface area contributed by atoms with E-state index in [0.29, 0.717) is 50.0 Å². The highest BCUT2D eigenvalue weighted by atomic mass is 16.6. The van der Waals surface area contributed by atoms with E-state index in [1.165, 1.54) is 6.20 Å². The Hall–Kier alpha value is -2.64. The Kier molecular flexibility index (Phi) is 6.49. The maximum absolute atomic E-state index is 12.8. The molecule has 1 unspecified atom stereocenters. The van der Waals surface area contributed by atoms with Crippen LogP contribution in [0.25, 0.3) is 0 Å². The van der Waals surface area contributed by atoms with Gasteiger partial charge < -0.3 is 19.4 Å². The van der Waals surface area contributed by atoms with Gasteiger partial charge in [0.25, 0.3) is 11.8 Å². The Bertz CT molecular complexity index is 731. The summed E-state index contributed by atoms with van der Waals surface area (Å²) in [6, 6.07) is 3.22. The molecule has 0 N–H and O–H groups in total. The van der Waals surface area contributed by atoms with E-state index in [2.05, 4.69) is 11.9 Å². The monoisotopic (exact) mass is 388 g/mol. The third-order valence-corrected chi connectivity index (χ3v) is 5.26. The summed E-state index contributed by atoms with van der Waals surface area (Å²) in [5, 5.41) is 0. The Balaban J connectivity index is 1.63. The molecule has 3 rings (SSSR count). The minimum atomic E-state index is -0.345. The molecule has 0 bridgehead atoms. The molecule has 0 saturated carbocycles. The molecule has 3 heterocycles. The van der Waals surface area contributed by atoms with E-state index in [9.17, 15) is 14.4 Å². The van der Waals surface area contributed by atoms with Gasteiger partial charge >= 0.3 is 6.09 Å². The van der Waals surface area contributed by atoms with Gasteiger partial charge in [-0.15, -0.1) is 0 Å². The van der Waals surface area contributed by atoms with Crippen molar-refractivity contribution in [1.82, 2.24) is 19.7 Å². The smallest absolute Gasteiger partial charge is 0.409 e. The van der Waals surface area contributed by atoms with Gasteiger partial charge in [-0.1, -0.05) is 6.92 Å². The van der Waals surface area contributed by atoms with Crippen molar-refractivity contribution in [2.24, 2.45) is 5.92 Å². The molecule has 1 aromatic heterocycles. The van der Waals surface area contributed by atoms with E-state index in [1.807, 2.05) is 4.90 Å². The van der Waals surface area contributed by atoms with Gasteiger partial charge in [0.1, 0.15) is 5.69 Å². The molecule has 8 nitrogen and oxygen atoms in total. The molecule has 2 aliphatic rings. The number of carbonyl (C=O) groups is 3. The molecule has 2 fully saturated rings. The van der Waals surface area contributed by atoms with E-state index in [1.54, 1.807) is 28.9 Å². The summed E-state index contributed by atoms with van der Waals surface area (Å²) in [6.45, 7) is 7.46. The maximum atomic E-state index is 12.8. The second-order valence-electron chi connectivity index (χ2n) is 7.41. The number of hydrogen-bond donors (Lipinski definition) is 0. The van der Waals surface area contributed by atoms with Crippen molar-refractivity contribution in [3.63, 3.8) is 0 Å². The number of pyridine rings is 1. The van der Waals surface area contributed by atoms with Crippen LogP contribution in [0.1, 0.15) is 47.5 Å². The molecule has 3 amide bonds. The molecule has 1 atom stereocenters. The first-order chi connectivity index (χ1) is 13.5. The van der Waals surface area contributed by atoms with Gasteiger partial charge in [0.05, 0.1) is 6.61 Å². The van der Waals surface area contributed by atoms with Crippen molar-refractivity contribution in [2.75, 3.05) is 45.9 Å². The van der Waals surface area contributed by atoms with Gasteiger partial charge in [-0.3, -0.25) is 14.6 Å². The van der Waals surface area contributed by atoms with Crippen LogP contribution in [0.5, 0.6) is 0 Å². The fourth-order valence-corrected chi connectivity index (χ4v) is 3.71. The van der Waals surface area contributed by atoms with Gasteiger partial charge in [-0.2, -0.15) is 0 Å². The molecule has 0 radical (unpaired) electrons. The quantitative estimate of drug-likeness (QED) is 0.789. The number of piperazine rings is 1. The first kappa shape index (κ1) is 20.1. The van der Waals surface area contributed by atoms with Crippen LogP contribution in [0.4, 0.5) is 4.79 Å². The second kappa shape index (κ2) is 9.03. The van der Waals surface area contributed by atoms with Crippen LogP contribution in [0, 0.1) is 5.92 Å². The minimum Gasteiger partial charge on any atom is -0.450 e. The number of likely N-dealkylation sites (tertiary alicyclic amines) is 1. The second-order valence-corrected chi connectivity index (χ2v) is 7.41. The van der Waals surface area contributed by atoms with Crippen LogP contribution in [-0.2, 0) is 4.74 Å². The van der Waals surface area contributed by atoms with Crippen LogP contribution in [0.3, 0.4) is 0 Å². The van der Waals surface area contributed by atoms with Crippen LogP contribution >= 0.6 is 0 Å². The molecule has 2 aliphatic heterocycles. The lowest BCUT2D eigenvalue weighted by molar-refractivity contribution is 0.0570. The van der Waals surface area contributed by atoms with Crippen molar-refractivity contribution in [2.45, 2.75) is 26.7 Å². The lowest BCUT2D eigenvalue weighted by Crippen LogP contribution is -2.50. The Morgan fingerprint density at radius 3 is 2.46 bits per heavy atom. The minimum absolute atomic E-state index is 0.117. The third-order valence-electron chi connectivity index (χ3n) is 5.26. The summed E-state index contributed by atoms with van der Waals surface area (Å²) < 4.78 is 5.00. The Morgan fingerprint density at radius 2 is 1.79 bits per heavy atom. The van der Waals surface area contributed by atoms with Crippen molar-refractivity contribution < 1.29 is 19.1 Å². The van der Waals surface area contributed by atoms with E-state index < -0.39 is 0 Å². The average Bonchev–Trinajstić information content (AvgIpc) is 2.73. The predicted molar refractivity (Wildman–Crippen MR) is 103 cm³/mol. The highest BCUT2D eigenvalue weighted by Crippen LogP contribution is 2.18. The van der Waals surface area contributed by atoms with Crippen LogP contribution in [-0.4, -0.2) is 83.5 Å². The number of piperidine rings is 1. The molecule has 0 aliphatic carbocycles. The lowest BCUT2D eigenvalue weighted by atomic mass is 10.00. The van der Waals surface area contributed by atoms with Gasteiger partial charge in [0, 0.05) is 51.0 Å². The fraction of sp³-hybridized carbons (Fsp3) is 0.600. The number of carbonyl (C=O) groups excluding carboxylic acids is 3. The first-order valence-corrected chi connectivity index (χ1v) is 9.96. The number of nitrogens with zero attached hydrogens (tertiary/aromatic N) is 4. The molecule has 8 heteroatoms. The molecule has 152 valence electrons. The van der Waals surface area contributed by atoms with Gasteiger partial charge in [-0.25, -0.2) is 4.79 Å². The highest BCUT2D eigenvalue weighted by Gasteiger charge is 2.27. The number of aromatic nitrogens is 1. The molecular weight excluding hydrogens is 360 g/mol. The zero-order valence-corrected chi connectivity index (χ0v) is 16.6. The largest absolute Gasteiger partial charge is 0.450 e. The summed E-state index contributed by atoms with van der Waals surface area (Å²) in [5.74, 6) is 0.221. The number of hydrogen-bond acceptors (Lipinski definition) is 5. The molecule has 28 heavy (non-hydrogen) atoms. The molecular formula is C20H28N4O4. The number of ether oxygens (including phenoxy) is 1. The molecule has 2 saturated heterocycles. The first-order valence-electron chi connectivity index (χ1n) is 9.96.